The fourth-order valence-electron chi connectivity index (χ4n) is 2.88. The van der Waals surface area contributed by atoms with Crippen molar-refractivity contribution in [2.45, 2.75) is 24.2 Å². The molecule has 0 unspecified atom stereocenters. The van der Waals surface area contributed by atoms with Crippen molar-refractivity contribution in [3.8, 4) is 5.69 Å². The van der Waals surface area contributed by atoms with Gasteiger partial charge in [-0.15, -0.1) is 0 Å². The molecule has 8 heteroatoms. The lowest BCUT2D eigenvalue weighted by Gasteiger charge is -2.12. The van der Waals surface area contributed by atoms with Gasteiger partial charge < -0.3 is 11.5 Å². The molecule has 0 saturated heterocycles. The van der Waals surface area contributed by atoms with Crippen LogP contribution in [0.4, 0.5) is 11.9 Å². The van der Waals surface area contributed by atoms with Crippen LogP contribution < -0.4 is 11.5 Å². The summed E-state index contributed by atoms with van der Waals surface area (Å²) in [6.07, 6.45) is 0. The maximum absolute atomic E-state index is 5.70. The highest BCUT2D eigenvalue weighted by Crippen LogP contribution is 2.32. The second kappa shape index (κ2) is 6.30. The van der Waals surface area contributed by atoms with Gasteiger partial charge >= 0.3 is 0 Å². The number of rotatable bonds is 3. The quantitative estimate of drug-likeness (QED) is 0.575. The third-order valence-corrected chi connectivity index (χ3v) is 4.78. The number of imidazole rings is 1. The van der Waals surface area contributed by atoms with E-state index in [9.17, 15) is 0 Å². The van der Waals surface area contributed by atoms with Gasteiger partial charge in [-0.2, -0.15) is 15.0 Å². The zero-order valence-corrected chi connectivity index (χ0v) is 15.2. The summed E-state index contributed by atoms with van der Waals surface area (Å²) in [6, 6.07) is 14.3. The van der Waals surface area contributed by atoms with Crippen molar-refractivity contribution in [3.63, 3.8) is 0 Å². The molecule has 4 aromatic rings. The molecule has 4 rings (SSSR count). The normalized spacial score (nSPS) is 11.2. The van der Waals surface area contributed by atoms with Crippen molar-refractivity contribution in [2.24, 2.45) is 0 Å². The van der Waals surface area contributed by atoms with Crippen LogP contribution in [0.25, 0.3) is 16.7 Å². The summed E-state index contributed by atoms with van der Waals surface area (Å²) in [7, 11) is 0. The minimum Gasteiger partial charge on any atom is -0.368 e. The van der Waals surface area contributed by atoms with Gasteiger partial charge in [0.15, 0.2) is 5.16 Å². The van der Waals surface area contributed by atoms with Crippen molar-refractivity contribution in [2.75, 3.05) is 11.5 Å². The number of nitrogens with zero attached hydrogens (tertiary/aromatic N) is 5. The number of nitrogens with two attached hydrogens (primary N) is 2. The molecule has 0 aliphatic carbocycles. The van der Waals surface area contributed by atoms with Crippen molar-refractivity contribution in [1.29, 1.82) is 0 Å². The molecule has 2 aromatic heterocycles. The SMILES string of the molecule is Cc1ccc(-n2c(Sc3nc(N)nc(N)n3)nc3ccccc32)c(C)c1. The Labute approximate surface area is 154 Å². The predicted molar refractivity (Wildman–Crippen MR) is 103 cm³/mol. The number of hydrogen-bond acceptors (Lipinski definition) is 7. The Morgan fingerprint density at radius 3 is 2.35 bits per heavy atom. The van der Waals surface area contributed by atoms with E-state index in [4.69, 9.17) is 16.5 Å². The van der Waals surface area contributed by atoms with E-state index in [0.29, 0.717) is 5.16 Å². The summed E-state index contributed by atoms with van der Waals surface area (Å²) < 4.78 is 2.10. The molecule has 0 amide bonds. The van der Waals surface area contributed by atoms with Gasteiger partial charge in [-0.05, 0) is 49.4 Å². The van der Waals surface area contributed by atoms with Crippen LogP contribution in [0.5, 0.6) is 0 Å². The molecule has 0 bridgehead atoms. The highest BCUT2D eigenvalue weighted by atomic mass is 32.2. The van der Waals surface area contributed by atoms with Crippen molar-refractivity contribution >= 4 is 34.7 Å². The van der Waals surface area contributed by atoms with Crippen molar-refractivity contribution in [1.82, 2.24) is 24.5 Å². The highest BCUT2D eigenvalue weighted by molar-refractivity contribution is 7.99. The average molecular weight is 363 g/mol. The number of hydrogen-bond donors (Lipinski definition) is 2. The second-order valence-electron chi connectivity index (χ2n) is 5.94. The third-order valence-electron chi connectivity index (χ3n) is 3.96. The van der Waals surface area contributed by atoms with E-state index in [-0.39, 0.29) is 11.9 Å². The molecule has 0 atom stereocenters. The second-order valence-corrected chi connectivity index (χ2v) is 6.88. The van der Waals surface area contributed by atoms with Crippen LogP contribution in [0.1, 0.15) is 11.1 Å². The Bertz CT molecular complexity index is 1100. The molecule has 2 aromatic carbocycles. The summed E-state index contributed by atoms with van der Waals surface area (Å²) >= 11 is 1.31. The molecule has 7 nitrogen and oxygen atoms in total. The molecule has 0 saturated carbocycles. The molecule has 26 heavy (non-hydrogen) atoms. The number of anilines is 2. The molecular weight excluding hydrogens is 346 g/mol. The summed E-state index contributed by atoms with van der Waals surface area (Å²) in [5, 5.41) is 1.15. The summed E-state index contributed by atoms with van der Waals surface area (Å²) in [5.41, 5.74) is 16.7. The molecule has 130 valence electrons. The number of para-hydroxylation sites is 2. The fourth-order valence-corrected chi connectivity index (χ4v) is 3.75. The Hall–Kier alpha value is -3.13. The van der Waals surface area contributed by atoms with Gasteiger partial charge in [-0.1, -0.05) is 29.8 Å². The van der Waals surface area contributed by atoms with Gasteiger partial charge in [-0.25, -0.2) is 4.98 Å². The summed E-state index contributed by atoms with van der Waals surface area (Å²) in [6.45, 7) is 4.17. The van der Waals surface area contributed by atoms with Crippen LogP contribution in [0.2, 0.25) is 0 Å². The first kappa shape index (κ1) is 16.3. The van der Waals surface area contributed by atoms with E-state index in [0.717, 1.165) is 27.4 Å². The zero-order chi connectivity index (χ0) is 18.3. The number of aromatic nitrogens is 5. The maximum Gasteiger partial charge on any atom is 0.225 e. The molecular formula is C18H17N7S. The lowest BCUT2D eigenvalue weighted by atomic mass is 10.1. The molecule has 0 aliphatic heterocycles. The summed E-state index contributed by atoms with van der Waals surface area (Å²) in [4.78, 5) is 16.9. The number of benzene rings is 2. The predicted octanol–water partition coefficient (Wildman–Crippen LogP) is 3.14. The Kier molecular flexibility index (Phi) is 3.96. The standard InChI is InChI=1S/C18H17N7S/c1-10-7-8-13(11(2)9-10)25-14-6-4-3-5-12(14)21-18(25)26-17-23-15(19)22-16(20)24-17/h3-9H,1-2H3,(H4,19,20,22,23,24). The monoisotopic (exact) mass is 363 g/mol. The number of aryl methyl sites for hydroxylation is 2. The lowest BCUT2D eigenvalue weighted by molar-refractivity contribution is 0.884. The van der Waals surface area contributed by atoms with Crippen LogP contribution in [0.3, 0.4) is 0 Å². The Balaban J connectivity index is 1.91. The highest BCUT2D eigenvalue weighted by Gasteiger charge is 2.17. The number of fused-ring (bicyclic) bond motifs is 1. The van der Waals surface area contributed by atoms with Crippen LogP contribution in [0, 0.1) is 13.8 Å². The van der Waals surface area contributed by atoms with Crippen LogP contribution >= 0.6 is 11.8 Å². The third kappa shape index (κ3) is 2.95. The maximum atomic E-state index is 5.70. The fraction of sp³-hybridized carbons (Fsp3) is 0.111. The van der Waals surface area contributed by atoms with Gasteiger partial charge in [0.2, 0.25) is 17.1 Å². The van der Waals surface area contributed by atoms with Gasteiger partial charge in [0.25, 0.3) is 0 Å². The van der Waals surface area contributed by atoms with E-state index in [2.05, 4.69) is 51.6 Å². The minimum absolute atomic E-state index is 0.0918. The van der Waals surface area contributed by atoms with E-state index in [1.54, 1.807) is 0 Å². The van der Waals surface area contributed by atoms with Crippen molar-refractivity contribution < 1.29 is 0 Å². The molecule has 2 heterocycles. The largest absolute Gasteiger partial charge is 0.368 e. The lowest BCUT2D eigenvalue weighted by Crippen LogP contribution is -2.05. The van der Waals surface area contributed by atoms with Gasteiger partial charge in [0.1, 0.15) is 0 Å². The summed E-state index contributed by atoms with van der Waals surface area (Å²) in [5.74, 6) is 0.184. The van der Waals surface area contributed by atoms with Crippen LogP contribution in [-0.2, 0) is 0 Å². The van der Waals surface area contributed by atoms with Gasteiger partial charge in [0.05, 0.1) is 16.7 Å². The van der Waals surface area contributed by atoms with E-state index in [1.165, 1.54) is 17.3 Å². The molecule has 0 spiro atoms. The number of nitrogen functional groups attached to an aromatic ring is 2. The molecule has 4 N–H and O–H groups in total. The van der Waals surface area contributed by atoms with E-state index < -0.39 is 0 Å². The van der Waals surface area contributed by atoms with Gasteiger partial charge in [-0.3, -0.25) is 4.57 Å². The zero-order valence-electron chi connectivity index (χ0n) is 14.3. The smallest absolute Gasteiger partial charge is 0.225 e. The molecule has 0 radical (unpaired) electrons. The van der Waals surface area contributed by atoms with Gasteiger partial charge in [0, 0.05) is 0 Å². The molecule has 0 fully saturated rings. The average Bonchev–Trinajstić information content (AvgIpc) is 2.92. The first-order valence-electron chi connectivity index (χ1n) is 8.01. The van der Waals surface area contributed by atoms with E-state index >= 15 is 0 Å². The first-order valence-corrected chi connectivity index (χ1v) is 8.83. The van der Waals surface area contributed by atoms with E-state index in [1.807, 2.05) is 24.3 Å². The van der Waals surface area contributed by atoms with Crippen LogP contribution in [-0.4, -0.2) is 24.5 Å². The van der Waals surface area contributed by atoms with Crippen LogP contribution in [0.15, 0.2) is 52.8 Å². The minimum atomic E-state index is 0.0918. The first-order chi connectivity index (χ1) is 12.5. The molecule has 0 aliphatic rings. The van der Waals surface area contributed by atoms with Crippen molar-refractivity contribution in [3.05, 3.63) is 53.6 Å². The Morgan fingerprint density at radius 2 is 1.62 bits per heavy atom. The topological polar surface area (TPSA) is 109 Å². The Morgan fingerprint density at radius 1 is 0.885 bits per heavy atom.